The molecule has 3 atom stereocenters. The molecule has 5 nitrogen and oxygen atoms in total. The molecule has 2 rings (SSSR count). The van der Waals surface area contributed by atoms with Gasteiger partial charge in [0.1, 0.15) is 0 Å². The predicted octanol–water partition coefficient (Wildman–Crippen LogP) is 1.74. The third-order valence-corrected chi connectivity index (χ3v) is 5.04. The monoisotopic (exact) mass is 305 g/mol. The highest BCUT2D eigenvalue weighted by molar-refractivity contribution is 8.00. The lowest BCUT2D eigenvalue weighted by Crippen LogP contribution is -2.36. The van der Waals surface area contributed by atoms with Gasteiger partial charge in [-0.3, -0.25) is 4.79 Å². The highest BCUT2D eigenvalue weighted by atomic mass is 32.2. The van der Waals surface area contributed by atoms with E-state index in [9.17, 15) is 9.59 Å². The summed E-state index contributed by atoms with van der Waals surface area (Å²) in [4.78, 5) is 20.4. The van der Waals surface area contributed by atoms with Crippen LogP contribution in [0, 0.1) is 0 Å². The first-order chi connectivity index (χ1) is 9.22. The third-order valence-electron chi connectivity index (χ3n) is 3.20. The van der Waals surface area contributed by atoms with Crippen molar-refractivity contribution in [1.29, 1.82) is 0 Å². The first-order valence-electron chi connectivity index (χ1n) is 6.63. The number of fused-ring (bicyclic) bond motifs is 1. The summed E-state index contributed by atoms with van der Waals surface area (Å²) in [6.45, 7) is 2.23. The second-order valence-corrected chi connectivity index (χ2v) is 6.47. The Labute approximate surface area is 123 Å². The summed E-state index contributed by atoms with van der Waals surface area (Å²) in [5.74, 6) is 1.08. The second-order valence-electron chi connectivity index (χ2n) is 4.56. The zero-order valence-corrected chi connectivity index (χ0v) is 13.1. The predicted molar refractivity (Wildman–Crippen MR) is 82.3 cm³/mol. The molecule has 2 fully saturated rings. The lowest BCUT2D eigenvalue weighted by atomic mass is 10.0. The molecule has 0 aromatic carbocycles. The van der Waals surface area contributed by atoms with Gasteiger partial charge in [-0.15, -0.1) is 0 Å². The van der Waals surface area contributed by atoms with Gasteiger partial charge in [0.2, 0.25) is 6.41 Å². The van der Waals surface area contributed by atoms with Crippen LogP contribution in [-0.2, 0) is 4.79 Å². The topological polar surface area (TPSA) is 70.2 Å². The molecule has 2 aliphatic heterocycles. The normalized spacial score (nSPS) is 27.7. The largest absolute Gasteiger partial charge is 0.332 e. The van der Waals surface area contributed by atoms with Gasteiger partial charge in [-0.1, -0.05) is 38.1 Å². The minimum absolute atomic E-state index is 0.0285. The van der Waals surface area contributed by atoms with Crippen LogP contribution in [0.15, 0.2) is 0 Å². The summed E-state index contributed by atoms with van der Waals surface area (Å²) in [5, 5.41) is 6.63. The number of carbonyl (C=O) groups is 2. The van der Waals surface area contributed by atoms with Crippen LogP contribution in [0.4, 0.5) is 4.79 Å². The Balaban J connectivity index is 0.000000312. The van der Waals surface area contributed by atoms with E-state index in [1.165, 1.54) is 37.6 Å². The molecule has 110 valence electrons. The average Bonchev–Trinajstić information content (AvgIpc) is 2.92. The summed E-state index contributed by atoms with van der Waals surface area (Å²) < 4.78 is 2.35. The van der Waals surface area contributed by atoms with Crippen molar-refractivity contribution in [2.75, 3.05) is 12.0 Å². The van der Waals surface area contributed by atoms with Crippen LogP contribution in [0.2, 0.25) is 0 Å². The molecule has 0 radical (unpaired) electrons. The minimum Gasteiger partial charge on any atom is -0.332 e. The zero-order chi connectivity index (χ0) is 14.1. The van der Waals surface area contributed by atoms with Crippen LogP contribution in [0.5, 0.6) is 0 Å². The van der Waals surface area contributed by atoms with Gasteiger partial charge in [-0.25, -0.2) is 4.79 Å². The number of amides is 3. The number of thioether (sulfide) groups is 1. The van der Waals surface area contributed by atoms with Crippen LogP contribution >= 0.6 is 23.7 Å². The molecule has 7 heteroatoms. The summed E-state index contributed by atoms with van der Waals surface area (Å²) in [6, 6.07) is 0.810. The van der Waals surface area contributed by atoms with E-state index in [4.69, 9.17) is 0 Å². The van der Waals surface area contributed by atoms with Crippen molar-refractivity contribution in [3.8, 4) is 0 Å². The van der Waals surface area contributed by atoms with Gasteiger partial charge in [0.25, 0.3) is 0 Å². The minimum atomic E-state index is 0.0285. The maximum atomic E-state index is 11.1. The molecule has 3 amide bonds. The van der Waals surface area contributed by atoms with Crippen molar-refractivity contribution in [2.45, 2.75) is 49.9 Å². The van der Waals surface area contributed by atoms with Crippen LogP contribution in [0.25, 0.3) is 0 Å². The fourth-order valence-corrected chi connectivity index (χ4v) is 3.93. The Morgan fingerprint density at radius 2 is 2.26 bits per heavy atom. The SMILES string of the molecule is CCCCCC1SCC2NC(=O)NC21.CSNC=O. The average molecular weight is 305 g/mol. The molecule has 19 heavy (non-hydrogen) atoms. The highest BCUT2D eigenvalue weighted by Gasteiger charge is 2.42. The number of urea groups is 1. The molecule has 3 N–H and O–H groups in total. The number of unbranched alkanes of at least 4 members (excludes halogenated alkanes) is 2. The number of rotatable bonds is 6. The molecule has 0 aromatic rings. The molecule has 2 aliphatic rings. The van der Waals surface area contributed by atoms with Gasteiger partial charge in [0.05, 0.1) is 12.1 Å². The Morgan fingerprint density at radius 1 is 1.47 bits per heavy atom. The first-order valence-corrected chi connectivity index (χ1v) is 8.91. The van der Waals surface area contributed by atoms with Gasteiger partial charge in [0, 0.05) is 17.3 Å². The molecule has 0 spiro atoms. The fourth-order valence-electron chi connectivity index (χ4n) is 2.29. The van der Waals surface area contributed by atoms with Crippen molar-refractivity contribution in [2.24, 2.45) is 0 Å². The Hall–Kier alpha value is -0.560. The van der Waals surface area contributed by atoms with Crippen molar-refractivity contribution in [1.82, 2.24) is 15.4 Å². The van der Waals surface area contributed by atoms with E-state index in [0.29, 0.717) is 23.7 Å². The van der Waals surface area contributed by atoms with Crippen molar-refractivity contribution in [3.63, 3.8) is 0 Å². The molecule has 3 unspecified atom stereocenters. The quantitative estimate of drug-likeness (QED) is 0.303. The van der Waals surface area contributed by atoms with Gasteiger partial charge >= 0.3 is 6.03 Å². The molecule has 2 heterocycles. The van der Waals surface area contributed by atoms with E-state index in [1.807, 2.05) is 11.8 Å². The van der Waals surface area contributed by atoms with E-state index in [0.717, 1.165) is 5.75 Å². The Kier molecular flexibility index (Phi) is 8.13. The molecule has 0 aromatic heterocycles. The van der Waals surface area contributed by atoms with E-state index >= 15 is 0 Å². The van der Waals surface area contributed by atoms with Gasteiger partial charge < -0.3 is 15.4 Å². The number of nitrogens with one attached hydrogen (secondary N) is 3. The van der Waals surface area contributed by atoms with E-state index in [-0.39, 0.29) is 6.03 Å². The smallest absolute Gasteiger partial charge is 0.315 e. The van der Waals surface area contributed by atoms with Crippen LogP contribution < -0.4 is 15.4 Å². The third kappa shape index (κ3) is 5.52. The van der Waals surface area contributed by atoms with Crippen molar-refractivity contribution in [3.05, 3.63) is 0 Å². The highest BCUT2D eigenvalue weighted by Crippen LogP contribution is 2.33. The summed E-state index contributed by atoms with van der Waals surface area (Å²) >= 11 is 3.29. The Morgan fingerprint density at radius 3 is 2.84 bits per heavy atom. The summed E-state index contributed by atoms with van der Waals surface area (Å²) in [5.41, 5.74) is 0. The molecule has 0 aliphatic carbocycles. The standard InChI is InChI=1S/C10H18N2OS.C2H5NOS/c1-2-3-4-5-8-9-7(6-14-8)11-10(13)12-9;1-5-3-2-4/h7-9H,2-6H2,1H3,(H2,11,12,13);2H,1H3,(H,3,4). The number of hydrogen-bond acceptors (Lipinski definition) is 4. The molecule has 0 saturated carbocycles. The van der Waals surface area contributed by atoms with E-state index in [2.05, 4.69) is 22.3 Å². The molecular formula is C12H23N3O2S2. The second kappa shape index (κ2) is 9.36. The summed E-state index contributed by atoms with van der Waals surface area (Å²) in [6.07, 6.45) is 7.57. The lowest BCUT2D eigenvalue weighted by Gasteiger charge is -2.16. The molecular weight excluding hydrogens is 282 g/mol. The fraction of sp³-hybridized carbons (Fsp3) is 0.833. The molecule has 2 saturated heterocycles. The first kappa shape index (κ1) is 16.5. The van der Waals surface area contributed by atoms with E-state index in [1.54, 1.807) is 6.26 Å². The maximum Gasteiger partial charge on any atom is 0.315 e. The van der Waals surface area contributed by atoms with Crippen molar-refractivity contribution >= 4 is 36.2 Å². The summed E-state index contributed by atoms with van der Waals surface area (Å²) in [7, 11) is 0. The van der Waals surface area contributed by atoms with Crippen molar-refractivity contribution < 1.29 is 9.59 Å². The van der Waals surface area contributed by atoms with Gasteiger partial charge in [0.15, 0.2) is 0 Å². The van der Waals surface area contributed by atoms with Gasteiger partial charge in [-0.05, 0) is 6.42 Å². The zero-order valence-electron chi connectivity index (χ0n) is 11.5. The van der Waals surface area contributed by atoms with Gasteiger partial charge in [-0.2, -0.15) is 11.8 Å². The Bertz CT molecular complexity index is 292. The van der Waals surface area contributed by atoms with Crippen LogP contribution in [0.3, 0.4) is 0 Å². The maximum absolute atomic E-state index is 11.1. The van der Waals surface area contributed by atoms with Crippen LogP contribution in [0.1, 0.15) is 32.6 Å². The van der Waals surface area contributed by atoms with E-state index < -0.39 is 0 Å². The number of carbonyl (C=O) groups excluding carboxylic acids is 2. The number of hydrogen-bond donors (Lipinski definition) is 3. The molecule has 0 bridgehead atoms. The van der Waals surface area contributed by atoms with Crippen LogP contribution in [-0.4, -0.2) is 41.8 Å². The lowest BCUT2D eigenvalue weighted by molar-refractivity contribution is -0.107.